The quantitative estimate of drug-likeness (QED) is 0.304. The lowest BCUT2D eigenvalue weighted by molar-refractivity contribution is -0.660. The number of sulfone groups is 1. The third-order valence-electron chi connectivity index (χ3n) is 8.30. The molecule has 5 rings (SSSR count). The van der Waals surface area contributed by atoms with Crippen LogP contribution in [0.2, 0.25) is 0 Å². The lowest BCUT2D eigenvalue weighted by Crippen LogP contribution is -2.57. The van der Waals surface area contributed by atoms with Gasteiger partial charge in [-0.2, -0.15) is 5.26 Å². The Morgan fingerprint density at radius 1 is 1.27 bits per heavy atom. The largest absolute Gasteiger partial charge is 0.710 e. The highest BCUT2D eigenvalue weighted by atomic mass is 32.2. The van der Waals surface area contributed by atoms with Crippen molar-refractivity contribution in [3.8, 4) is 6.07 Å². The van der Waals surface area contributed by atoms with Gasteiger partial charge in [0.15, 0.2) is 0 Å². The number of hydrogen-bond acceptors (Lipinski definition) is 9. The highest BCUT2D eigenvalue weighted by Gasteiger charge is 2.46. The Morgan fingerprint density at radius 3 is 2.68 bits per heavy atom. The fourth-order valence-corrected chi connectivity index (χ4v) is 7.25. The number of rotatable bonds is 3. The van der Waals surface area contributed by atoms with E-state index < -0.39 is 32.7 Å². The van der Waals surface area contributed by atoms with Gasteiger partial charge in [-0.3, -0.25) is 0 Å². The molecule has 12 heteroatoms. The van der Waals surface area contributed by atoms with Crippen LogP contribution in [-0.4, -0.2) is 75.5 Å². The molecule has 2 aromatic rings. The minimum atomic E-state index is -3.93. The summed E-state index contributed by atoms with van der Waals surface area (Å²) in [5.74, 6) is 0.457. The molecule has 1 fully saturated rings. The smallest absolute Gasteiger partial charge is 0.422 e. The Kier molecular flexibility index (Phi) is 7.30. The standard InChI is InChI=1S/C29H38N6O5S/c1-28(2,3)40-27(36)34-15-14-33(18-21(34)11-13-30)25-22-10-12-29(16-20-8-6-7-9-23(20)32(4)19-29)17-24(22)35(37)26(31-25)41(5,38)39/h6-9,21H,10-12,14-19H2,1-5H3/t21-,29+/m0/s1. The molecule has 1 aromatic heterocycles. The molecule has 1 saturated heterocycles. The van der Waals surface area contributed by atoms with Crippen molar-refractivity contribution in [3.05, 3.63) is 46.3 Å². The minimum Gasteiger partial charge on any atom is -0.710 e. The predicted octanol–water partition coefficient (Wildman–Crippen LogP) is 2.63. The van der Waals surface area contributed by atoms with E-state index in [0.29, 0.717) is 35.6 Å². The minimum absolute atomic E-state index is 0.0834. The van der Waals surface area contributed by atoms with Crippen LogP contribution in [-0.2, 0) is 33.8 Å². The summed E-state index contributed by atoms with van der Waals surface area (Å²) in [4.78, 5) is 23.1. The van der Waals surface area contributed by atoms with Crippen LogP contribution in [0, 0.1) is 22.0 Å². The van der Waals surface area contributed by atoms with E-state index in [1.807, 2.05) is 17.0 Å². The number of hydrogen-bond donors (Lipinski definition) is 0. The Morgan fingerprint density at radius 2 is 2.00 bits per heavy atom. The molecule has 11 nitrogen and oxygen atoms in total. The highest BCUT2D eigenvalue weighted by Crippen LogP contribution is 2.45. The van der Waals surface area contributed by atoms with E-state index in [2.05, 4.69) is 35.1 Å². The van der Waals surface area contributed by atoms with Gasteiger partial charge in [0.05, 0.1) is 30.4 Å². The predicted molar refractivity (Wildman–Crippen MR) is 153 cm³/mol. The van der Waals surface area contributed by atoms with Crippen molar-refractivity contribution in [2.24, 2.45) is 5.41 Å². The number of piperazine rings is 1. The van der Waals surface area contributed by atoms with Crippen molar-refractivity contribution in [1.82, 2.24) is 9.88 Å². The third kappa shape index (κ3) is 5.64. The van der Waals surface area contributed by atoms with E-state index in [1.165, 1.54) is 11.3 Å². The fourth-order valence-electron chi connectivity index (χ4n) is 6.59. The van der Waals surface area contributed by atoms with E-state index in [1.54, 1.807) is 25.7 Å². The summed E-state index contributed by atoms with van der Waals surface area (Å²) in [6.45, 7) is 7.06. The van der Waals surface area contributed by atoms with E-state index >= 15 is 0 Å². The van der Waals surface area contributed by atoms with Gasteiger partial charge in [0.1, 0.15) is 11.3 Å². The number of aromatic nitrogens is 2. The molecule has 3 heterocycles. The number of anilines is 2. The number of para-hydroxylation sites is 1. The summed E-state index contributed by atoms with van der Waals surface area (Å²) in [6, 6.07) is 9.96. The van der Waals surface area contributed by atoms with Crippen LogP contribution in [0.4, 0.5) is 16.3 Å². The molecule has 0 bridgehead atoms. The van der Waals surface area contributed by atoms with Crippen LogP contribution in [0.3, 0.4) is 0 Å². The first-order valence-electron chi connectivity index (χ1n) is 14.0. The van der Waals surface area contributed by atoms with Crippen LogP contribution in [0.5, 0.6) is 0 Å². The molecular formula is C29H38N6O5S. The average Bonchev–Trinajstić information content (AvgIpc) is 2.87. The summed E-state index contributed by atoms with van der Waals surface area (Å²) in [7, 11) is -1.88. The van der Waals surface area contributed by atoms with E-state index in [9.17, 15) is 23.7 Å². The van der Waals surface area contributed by atoms with Crippen molar-refractivity contribution in [2.75, 3.05) is 49.3 Å². The zero-order chi connectivity index (χ0) is 29.7. The molecule has 0 unspecified atom stereocenters. The summed E-state index contributed by atoms with van der Waals surface area (Å²) >= 11 is 0. The van der Waals surface area contributed by atoms with Gasteiger partial charge >= 0.3 is 11.2 Å². The summed E-state index contributed by atoms with van der Waals surface area (Å²) in [6.07, 6.45) is 3.24. The maximum absolute atomic E-state index is 13.6. The second-order valence-electron chi connectivity index (χ2n) is 12.7. The number of amides is 1. The molecule has 0 radical (unpaired) electrons. The molecule has 1 amide bonds. The molecule has 220 valence electrons. The molecule has 41 heavy (non-hydrogen) atoms. The van der Waals surface area contributed by atoms with Crippen LogP contribution in [0.15, 0.2) is 29.4 Å². The maximum atomic E-state index is 13.6. The second-order valence-corrected chi connectivity index (χ2v) is 14.6. The van der Waals surface area contributed by atoms with Crippen LogP contribution >= 0.6 is 0 Å². The van der Waals surface area contributed by atoms with Gasteiger partial charge in [-0.1, -0.05) is 18.2 Å². The third-order valence-corrected chi connectivity index (χ3v) is 9.22. The number of benzene rings is 1. The van der Waals surface area contributed by atoms with Crippen molar-refractivity contribution in [1.29, 1.82) is 5.26 Å². The van der Waals surface area contributed by atoms with Crippen molar-refractivity contribution >= 4 is 27.4 Å². The van der Waals surface area contributed by atoms with E-state index in [0.717, 1.165) is 31.2 Å². The Bertz CT molecular complexity index is 1510. The number of ether oxygens (including phenoxy) is 1. The second kappa shape index (κ2) is 10.4. The number of nitriles is 1. The Hall–Kier alpha value is -3.59. The average molecular weight is 583 g/mol. The molecule has 1 aliphatic carbocycles. The van der Waals surface area contributed by atoms with Crippen molar-refractivity contribution < 1.29 is 22.7 Å². The Balaban J connectivity index is 1.52. The summed E-state index contributed by atoms with van der Waals surface area (Å²) in [5, 5.41) is 22.6. The topological polar surface area (TPSA) is 134 Å². The molecule has 2 atom stereocenters. The molecule has 0 N–H and O–H groups in total. The van der Waals surface area contributed by atoms with Crippen LogP contribution in [0.25, 0.3) is 0 Å². The first-order valence-corrected chi connectivity index (χ1v) is 15.9. The van der Waals surface area contributed by atoms with Gasteiger partial charge in [-0.15, -0.1) is 0 Å². The molecule has 1 aromatic carbocycles. The van der Waals surface area contributed by atoms with Gasteiger partial charge in [-0.05, 0) is 62.1 Å². The molecule has 1 spiro atoms. The molecular weight excluding hydrogens is 544 g/mol. The SMILES string of the molecule is CN1C[C@]2(CCc3c(N4CCN(C(=O)OC(C)(C)C)[C@@H](CC#N)C4)nc(S(C)(=O)=O)[n+]([O-])c3C2)Cc2ccccc21. The number of carbonyl (C=O) groups excluding carboxylic acids is 1. The first-order chi connectivity index (χ1) is 19.2. The van der Waals surface area contributed by atoms with Crippen LogP contribution < -0.4 is 14.5 Å². The lowest BCUT2D eigenvalue weighted by Gasteiger charge is -2.46. The van der Waals surface area contributed by atoms with Gasteiger partial charge in [-0.25, -0.2) is 17.9 Å². The zero-order valence-corrected chi connectivity index (χ0v) is 25.2. The highest BCUT2D eigenvalue weighted by molar-refractivity contribution is 7.90. The lowest BCUT2D eigenvalue weighted by atomic mass is 9.67. The number of nitrogens with zero attached hydrogens (tertiary/aromatic N) is 6. The van der Waals surface area contributed by atoms with Crippen molar-refractivity contribution in [3.63, 3.8) is 0 Å². The fraction of sp³-hybridized carbons (Fsp3) is 0.586. The number of carbonyl (C=O) groups is 1. The summed E-state index contributed by atoms with van der Waals surface area (Å²) < 4.78 is 31.7. The monoisotopic (exact) mass is 582 g/mol. The van der Waals surface area contributed by atoms with Crippen molar-refractivity contribution in [2.45, 2.75) is 69.7 Å². The van der Waals surface area contributed by atoms with Crippen LogP contribution in [0.1, 0.15) is 50.4 Å². The van der Waals surface area contributed by atoms with Gasteiger partial charge in [0.25, 0.3) is 15.7 Å². The number of fused-ring (bicyclic) bond motifs is 2. The zero-order valence-electron chi connectivity index (χ0n) is 24.4. The van der Waals surface area contributed by atoms with Gasteiger partial charge in [0.2, 0.25) is 0 Å². The normalized spacial score (nSPS) is 22.6. The molecule has 2 aliphatic heterocycles. The van der Waals surface area contributed by atoms with E-state index in [-0.39, 0.29) is 24.9 Å². The maximum Gasteiger partial charge on any atom is 0.422 e. The summed E-state index contributed by atoms with van der Waals surface area (Å²) in [5.41, 5.74) is 2.70. The molecule has 0 saturated carbocycles. The van der Waals surface area contributed by atoms with Gasteiger partial charge < -0.3 is 24.6 Å². The van der Waals surface area contributed by atoms with Gasteiger partial charge in [0, 0.05) is 45.3 Å². The van der Waals surface area contributed by atoms with E-state index in [4.69, 9.17) is 4.74 Å². The Labute approximate surface area is 241 Å². The first kappa shape index (κ1) is 28.9. The molecule has 3 aliphatic rings.